The molecular formula is C23H28N2O5S. The van der Waals surface area contributed by atoms with Crippen LogP contribution in [0.1, 0.15) is 24.3 Å². The second kappa shape index (κ2) is 8.88. The normalized spacial score (nSPS) is 21.6. The predicted octanol–water partition coefficient (Wildman–Crippen LogP) is 2.63. The van der Waals surface area contributed by atoms with Gasteiger partial charge in [-0.05, 0) is 37.0 Å². The van der Waals surface area contributed by atoms with Crippen LogP contribution >= 0.6 is 0 Å². The minimum absolute atomic E-state index is 0.118. The molecular weight excluding hydrogens is 416 g/mol. The van der Waals surface area contributed by atoms with Gasteiger partial charge >= 0.3 is 0 Å². The van der Waals surface area contributed by atoms with Crippen LogP contribution in [0.15, 0.2) is 53.4 Å². The summed E-state index contributed by atoms with van der Waals surface area (Å²) in [4.78, 5) is 13.3. The maximum Gasteiger partial charge on any atom is 0.243 e. The van der Waals surface area contributed by atoms with E-state index in [1.54, 1.807) is 50.6 Å². The standard InChI is InChI=1S/C23H28N2O5S/c1-29-21-10-6-9-18(22(21)30-2)19-14-25(31(27,28)17-7-4-3-5-8-17)15-20(19)23(26)24-13-16-11-12-16/h3-10,16,19-20H,11-15H2,1-2H3,(H,24,26). The van der Waals surface area contributed by atoms with Gasteiger partial charge in [-0.25, -0.2) is 8.42 Å². The third-order valence-corrected chi connectivity index (χ3v) is 7.94. The molecule has 4 rings (SSSR count). The lowest BCUT2D eigenvalue weighted by Gasteiger charge is -2.21. The molecule has 1 saturated carbocycles. The van der Waals surface area contributed by atoms with Crippen LogP contribution in [-0.4, -0.2) is 52.5 Å². The van der Waals surface area contributed by atoms with E-state index in [1.807, 2.05) is 12.1 Å². The Bertz CT molecular complexity index is 1040. The highest BCUT2D eigenvalue weighted by Crippen LogP contribution is 2.43. The topological polar surface area (TPSA) is 84.9 Å². The van der Waals surface area contributed by atoms with Gasteiger partial charge < -0.3 is 14.8 Å². The van der Waals surface area contributed by atoms with Gasteiger partial charge in [-0.15, -0.1) is 0 Å². The van der Waals surface area contributed by atoms with Crippen molar-refractivity contribution >= 4 is 15.9 Å². The Hall–Kier alpha value is -2.58. The zero-order valence-electron chi connectivity index (χ0n) is 17.8. The monoisotopic (exact) mass is 444 g/mol. The molecule has 2 unspecified atom stereocenters. The van der Waals surface area contributed by atoms with Crippen LogP contribution in [0.2, 0.25) is 0 Å². The minimum Gasteiger partial charge on any atom is -0.493 e. The summed E-state index contributed by atoms with van der Waals surface area (Å²) in [5.41, 5.74) is 0.777. The lowest BCUT2D eigenvalue weighted by Crippen LogP contribution is -2.36. The molecule has 2 aromatic carbocycles. The number of rotatable bonds is 8. The van der Waals surface area contributed by atoms with E-state index in [0.717, 1.165) is 18.4 Å². The highest BCUT2D eigenvalue weighted by Gasteiger charge is 2.45. The van der Waals surface area contributed by atoms with Crippen LogP contribution in [0.4, 0.5) is 0 Å². The van der Waals surface area contributed by atoms with E-state index in [1.165, 1.54) is 4.31 Å². The third-order valence-electron chi connectivity index (χ3n) is 6.10. The fraction of sp³-hybridized carbons (Fsp3) is 0.435. The van der Waals surface area contributed by atoms with E-state index in [-0.39, 0.29) is 29.8 Å². The van der Waals surface area contributed by atoms with Crippen LogP contribution in [-0.2, 0) is 14.8 Å². The molecule has 0 radical (unpaired) electrons. The van der Waals surface area contributed by atoms with Gasteiger partial charge in [0.1, 0.15) is 0 Å². The number of hydrogen-bond donors (Lipinski definition) is 1. The highest BCUT2D eigenvalue weighted by molar-refractivity contribution is 7.89. The third kappa shape index (κ3) is 4.41. The average Bonchev–Trinajstić information content (AvgIpc) is 3.52. The minimum atomic E-state index is -3.72. The molecule has 2 atom stereocenters. The molecule has 0 aromatic heterocycles. The van der Waals surface area contributed by atoms with Gasteiger partial charge in [0.15, 0.2) is 11.5 Å². The molecule has 31 heavy (non-hydrogen) atoms. The number of ether oxygens (including phenoxy) is 2. The fourth-order valence-corrected chi connectivity index (χ4v) is 5.70. The number of benzene rings is 2. The molecule has 1 aliphatic carbocycles. The van der Waals surface area contributed by atoms with Crippen LogP contribution in [0.25, 0.3) is 0 Å². The van der Waals surface area contributed by atoms with Gasteiger partial charge in [0.05, 0.1) is 25.0 Å². The number of hydrogen-bond acceptors (Lipinski definition) is 5. The van der Waals surface area contributed by atoms with Crippen molar-refractivity contribution in [1.82, 2.24) is 9.62 Å². The molecule has 2 aromatic rings. The molecule has 166 valence electrons. The van der Waals surface area contributed by atoms with Gasteiger partial charge in [0, 0.05) is 31.1 Å². The first-order valence-corrected chi connectivity index (χ1v) is 11.9. The van der Waals surface area contributed by atoms with Crippen molar-refractivity contribution in [1.29, 1.82) is 0 Å². The maximum absolute atomic E-state index is 13.3. The number of sulfonamides is 1. The lowest BCUT2D eigenvalue weighted by atomic mass is 9.87. The van der Waals surface area contributed by atoms with Crippen molar-refractivity contribution in [3.8, 4) is 11.5 Å². The summed E-state index contributed by atoms with van der Waals surface area (Å²) in [6, 6.07) is 13.8. The molecule has 0 bridgehead atoms. The predicted molar refractivity (Wildman–Crippen MR) is 117 cm³/mol. The molecule has 7 nitrogen and oxygen atoms in total. The zero-order valence-corrected chi connectivity index (χ0v) is 18.6. The van der Waals surface area contributed by atoms with E-state index >= 15 is 0 Å². The summed E-state index contributed by atoms with van der Waals surface area (Å²) in [6.45, 7) is 0.962. The summed E-state index contributed by atoms with van der Waals surface area (Å²) in [6.07, 6.45) is 2.26. The molecule has 1 N–H and O–H groups in total. The quantitative estimate of drug-likeness (QED) is 0.677. The van der Waals surface area contributed by atoms with Crippen molar-refractivity contribution in [2.75, 3.05) is 33.9 Å². The number of amides is 1. The van der Waals surface area contributed by atoms with E-state index in [9.17, 15) is 13.2 Å². The Morgan fingerprint density at radius 2 is 1.77 bits per heavy atom. The van der Waals surface area contributed by atoms with E-state index in [2.05, 4.69) is 5.32 Å². The van der Waals surface area contributed by atoms with Crippen LogP contribution in [0, 0.1) is 11.8 Å². The molecule has 1 aliphatic heterocycles. The van der Waals surface area contributed by atoms with Crippen molar-refractivity contribution in [2.45, 2.75) is 23.7 Å². The first-order valence-electron chi connectivity index (χ1n) is 10.5. The summed E-state index contributed by atoms with van der Waals surface area (Å²) in [5.74, 6) is 0.656. The maximum atomic E-state index is 13.3. The Morgan fingerprint density at radius 3 is 2.42 bits per heavy atom. The second-order valence-electron chi connectivity index (χ2n) is 8.12. The molecule has 1 saturated heterocycles. The van der Waals surface area contributed by atoms with Gasteiger partial charge in [0.2, 0.25) is 15.9 Å². The number of carbonyl (C=O) groups is 1. The molecule has 2 aliphatic rings. The fourth-order valence-electron chi connectivity index (χ4n) is 4.19. The van der Waals surface area contributed by atoms with Crippen LogP contribution in [0.5, 0.6) is 11.5 Å². The van der Waals surface area contributed by atoms with Gasteiger partial charge in [-0.1, -0.05) is 30.3 Å². The molecule has 1 heterocycles. The molecule has 8 heteroatoms. The summed E-state index contributed by atoms with van der Waals surface area (Å²) in [7, 11) is -0.609. The van der Waals surface area contributed by atoms with Crippen molar-refractivity contribution in [2.24, 2.45) is 11.8 Å². The smallest absolute Gasteiger partial charge is 0.243 e. The van der Waals surface area contributed by atoms with Gasteiger partial charge in [-0.2, -0.15) is 4.31 Å². The van der Waals surface area contributed by atoms with Crippen LogP contribution < -0.4 is 14.8 Å². The molecule has 2 fully saturated rings. The average molecular weight is 445 g/mol. The number of nitrogens with zero attached hydrogens (tertiary/aromatic N) is 1. The van der Waals surface area contributed by atoms with Crippen molar-refractivity contribution in [3.05, 3.63) is 54.1 Å². The Labute approximate surface area is 183 Å². The first-order chi connectivity index (χ1) is 15.0. The van der Waals surface area contributed by atoms with Gasteiger partial charge in [0.25, 0.3) is 0 Å². The second-order valence-corrected chi connectivity index (χ2v) is 10.1. The number of methoxy groups -OCH3 is 2. The lowest BCUT2D eigenvalue weighted by molar-refractivity contribution is -0.124. The number of carbonyl (C=O) groups excluding carboxylic acids is 1. The zero-order chi connectivity index (χ0) is 22.0. The number of para-hydroxylation sites is 1. The summed E-state index contributed by atoms with van der Waals surface area (Å²) in [5, 5.41) is 3.03. The largest absolute Gasteiger partial charge is 0.493 e. The Kier molecular flexibility index (Phi) is 6.20. The van der Waals surface area contributed by atoms with Crippen molar-refractivity contribution in [3.63, 3.8) is 0 Å². The molecule has 1 amide bonds. The summed E-state index contributed by atoms with van der Waals surface area (Å²) < 4.78 is 39.0. The molecule has 0 spiro atoms. The van der Waals surface area contributed by atoms with Gasteiger partial charge in [-0.3, -0.25) is 4.79 Å². The first kappa shape index (κ1) is 21.6. The highest BCUT2D eigenvalue weighted by atomic mass is 32.2. The van der Waals surface area contributed by atoms with E-state index in [4.69, 9.17) is 9.47 Å². The summed E-state index contributed by atoms with van der Waals surface area (Å²) >= 11 is 0. The Balaban J connectivity index is 1.68. The SMILES string of the molecule is COc1cccc(C2CN(S(=O)(=O)c3ccccc3)CC2C(=O)NCC2CC2)c1OC. The Morgan fingerprint density at radius 1 is 1.03 bits per heavy atom. The van der Waals surface area contributed by atoms with Crippen LogP contribution in [0.3, 0.4) is 0 Å². The van der Waals surface area contributed by atoms with Crippen molar-refractivity contribution < 1.29 is 22.7 Å². The van der Waals surface area contributed by atoms with E-state index < -0.39 is 15.9 Å². The van der Waals surface area contributed by atoms with E-state index in [0.29, 0.717) is 24.0 Å². The number of nitrogens with one attached hydrogen (secondary N) is 1.